The molecule has 1 amide bonds. The summed E-state index contributed by atoms with van der Waals surface area (Å²) < 4.78 is 5.18. The van der Waals surface area contributed by atoms with Crippen LogP contribution in [0, 0.1) is 0 Å². The molecule has 0 atom stereocenters. The summed E-state index contributed by atoms with van der Waals surface area (Å²) in [6.45, 7) is 3.77. The van der Waals surface area contributed by atoms with Crippen LogP contribution < -0.4 is 5.73 Å². The molecule has 1 heterocycles. The van der Waals surface area contributed by atoms with Gasteiger partial charge >= 0.3 is 0 Å². The second-order valence-electron chi connectivity index (χ2n) is 3.18. The molecule has 0 radical (unpaired) electrons. The predicted octanol–water partition coefficient (Wildman–Crippen LogP) is -1.02. The lowest BCUT2D eigenvalue weighted by atomic mass is 10.4. The number of morpholine rings is 1. The van der Waals surface area contributed by atoms with Gasteiger partial charge in [0, 0.05) is 27.2 Å². The first kappa shape index (κ1) is 13.4. The zero-order valence-corrected chi connectivity index (χ0v) is 9.32. The van der Waals surface area contributed by atoms with Gasteiger partial charge in [0.1, 0.15) is 0 Å². The van der Waals surface area contributed by atoms with Crippen molar-refractivity contribution in [3.63, 3.8) is 0 Å². The highest BCUT2D eigenvalue weighted by Gasteiger charge is 2.14. The normalized spacial score (nSPS) is 16.9. The minimum absolute atomic E-state index is 0.164. The van der Waals surface area contributed by atoms with E-state index in [2.05, 4.69) is 10.6 Å². The number of likely N-dealkylation sites (N-methyl/N-ethyl adjacent to an activating group) is 1. The Morgan fingerprint density at radius 1 is 1.36 bits per heavy atom. The maximum atomic E-state index is 11.3. The Labute approximate surface area is 85.8 Å². The summed E-state index contributed by atoms with van der Waals surface area (Å²) in [4.78, 5) is 15.0. The number of nitrogens with zero attached hydrogens (tertiary/aromatic N) is 2. The molecule has 0 unspecified atom stereocenters. The van der Waals surface area contributed by atoms with E-state index < -0.39 is 0 Å². The van der Waals surface area contributed by atoms with E-state index in [1.807, 2.05) is 0 Å². The molecular formula is C9H21N3O2. The zero-order chi connectivity index (χ0) is 11.0. The first-order valence-corrected chi connectivity index (χ1v) is 4.78. The van der Waals surface area contributed by atoms with Crippen molar-refractivity contribution >= 4 is 5.91 Å². The van der Waals surface area contributed by atoms with Crippen LogP contribution in [0.1, 0.15) is 0 Å². The van der Waals surface area contributed by atoms with Crippen LogP contribution in [0.2, 0.25) is 0 Å². The molecule has 1 fully saturated rings. The van der Waals surface area contributed by atoms with Crippen LogP contribution in [-0.4, -0.2) is 69.7 Å². The second-order valence-corrected chi connectivity index (χ2v) is 3.18. The third kappa shape index (κ3) is 5.16. The van der Waals surface area contributed by atoms with Gasteiger partial charge in [-0.3, -0.25) is 9.69 Å². The predicted molar refractivity (Wildman–Crippen MR) is 56.1 cm³/mol. The first-order chi connectivity index (χ1) is 6.70. The van der Waals surface area contributed by atoms with Crippen LogP contribution in [0.25, 0.3) is 0 Å². The molecule has 84 valence electrons. The van der Waals surface area contributed by atoms with E-state index in [4.69, 9.17) is 4.74 Å². The highest BCUT2D eigenvalue weighted by Crippen LogP contribution is 1.96. The number of carbonyl (C=O) groups is 1. The SMILES string of the molecule is CN.CN(C)C(=O)CN1CCOCC1. The highest BCUT2D eigenvalue weighted by molar-refractivity contribution is 5.77. The Balaban J connectivity index is 0.000000791. The molecule has 1 rings (SSSR count). The van der Waals surface area contributed by atoms with Crippen LogP contribution in [0.5, 0.6) is 0 Å². The standard InChI is InChI=1S/C8H16N2O2.CH5N/c1-9(2)8(11)7-10-3-5-12-6-4-10;1-2/h3-7H2,1-2H3;2H2,1H3. The molecule has 0 bridgehead atoms. The number of amides is 1. The molecular weight excluding hydrogens is 182 g/mol. The molecule has 1 aliphatic heterocycles. The lowest BCUT2D eigenvalue weighted by Crippen LogP contribution is -2.42. The van der Waals surface area contributed by atoms with Gasteiger partial charge in [0.15, 0.2) is 0 Å². The largest absolute Gasteiger partial charge is 0.379 e. The van der Waals surface area contributed by atoms with Gasteiger partial charge in [0.25, 0.3) is 0 Å². The molecule has 1 aliphatic rings. The Bertz CT molecular complexity index is 156. The van der Waals surface area contributed by atoms with Gasteiger partial charge in [-0.05, 0) is 7.05 Å². The van der Waals surface area contributed by atoms with E-state index in [0.29, 0.717) is 6.54 Å². The minimum Gasteiger partial charge on any atom is -0.379 e. The fraction of sp³-hybridized carbons (Fsp3) is 0.889. The summed E-state index contributed by atoms with van der Waals surface area (Å²) >= 11 is 0. The number of carbonyl (C=O) groups excluding carboxylic acids is 1. The fourth-order valence-corrected chi connectivity index (χ4v) is 1.09. The van der Waals surface area contributed by atoms with Crippen molar-refractivity contribution in [2.75, 3.05) is 54.0 Å². The fourth-order valence-electron chi connectivity index (χ4n) is 1.09. The molecule has 5 heteroatoms. The van der Waals surface area contributed by atoms with Crippen LogP contribution in [0.15, 0.2) is 0 Å². The van der Waals surface area contributed by atoms with Gasteiger partial charge in [-0.2, -0.15) is 0 Å². The van der Waals surface area contributed by atoms with E-state index in [1.165, 1.54) is 7.05 Å². The monoisotopic (exact) mass is 203 g/mol. The lowest BCUT2D eigenvalue weighted by molar-refractivity contribution is -0.130. The topological polar surface area (TPSA) is 58.8 Å². The number of hydrogen-bond acceptors (Lipinski definition) is 4. The molecule has 14 heavy (non-hydrogen) atoms. The van der Waals surface area contributed by atoms with Crippen molar-refractivity contribution in [2.45, 2.75) is 0 Å². The van der Waals surface area contributed by atoms with E-state index >= 15 is 0 Å². The molecule has 0 saturated carbocycles. The maximum Gasteiger partial charge on any atom is 0.236 e. The van der Waals surface area contributed by atoms with Crippen molar-refractivity contribution in [2.24, 2.45) is 5.73 Å². The zero-order valence-electron chi connectivity index (χ0n) is 9.32. The average Bonchev–Trinajstić information content (AvgIpc) is 2.22. The Hall–Kier alpha value is -0.650. The van der Waals surface area contributed by atoms with Gasteiger partial charge in [0.2, 0.25) is 5.91 Å². The van der Waals surface area contributed by atoms with Crippen LogP contribution in [0.3, 0.4) is 0 Å². The van der Waals surface area contributed by atoms with Crippen LogP contribution in [0.4, 0.5) is 0 Å². The molecule has 5 nitrogen and oxygen atoms in total. The third-order valence-electron chi connectivity index (χ3n) is 1.96. The summed E-state index contributed by atoms with van der Waals surface area (Å²) in [5, 5.41) is 0. The number of hydrogen-bond donors (Lipinski definition) is 1. The lowest BCUT2D eigenvalue weighted by Gasteiger charge is -2.26. The van der Waals surface area contributed by atoms with Crippen molar-refractivity contribution in [3.05, 3.63) is 0 Å². The summed E-state index contributed by atoms with van der Waals surface area (Å²) in [5.41, 5.74) is 4.50. The number of rotatable bonds is 2. The Kier molecular flexibility index (Phi) is 7.37. The van der Waals surface area contributed by atoms with E-state index in [1.54, 1.807) is 19.0 Å². The van der Waals surface area contributed by atoms with Crippen molar-refractivity contribution in [1.82, 2.24) is 9.80 Å². The first-order valence-electron chi connectivity index (χ1n) is 4.78. The highest BCUT2D eigenvalue weighted by atomic mass is 16.5. The molecule has 0 aromatic carbocycles. The Morgan fingerprint density at radius 2 is 1.86 bits per heavy atom. The van der Waals surface area contributed by atoms with Gasteiger partial charge in [-0.15, -0.1) is 0 Å². The van der Waals surface area contributed by atoms with E-state index in [0.717, 1.165) is 26.3 Å². The molecule has 1 saturated heterocycles. The minimum atomic E-state index is 0.164. The van der Waals surface area contributed by atoms with E-state index in [9.17, 15) is 4.79 Å². The number of nitrogens with two attached hydrogens (primary N) is 1. The molecule has 0 aromatic heterocycles. The van der Waals surface area contributed by atoms with Gasteiger partial charge in [-0.25, -0.2) is 0 Å². The second kappa shape index (κ2) is 7.73. The Morgan fingerprint density at radius 3 is 2.29 bits per heavy atom. The van der Waals surface area contributed by atoms with Crippen molar-refractivity contribution in [3.8, 4) is 0 Å². The van der Waals surface area contributed by atoms with Gasteiger partial charge in [0.05, 0.1) is 19.8 Å². The third-order valence-corrected chi connectivity index (χ3v) is 1.96. The van der Waals surface area contributed by atoms with Crippen LogP contribution in [-0.2, 0) is 9.53 Å². The van der Waals surface area contributed by atoms with Crippen LogP contribution >= 0.6 is 0 Å². The van der Waals surface area contributed by atoms with Crippen molar-refractivity contribution in [1.29, 1.82) is 0 Å². The van der Waals surface area contributed by atoms with E-state index in [-0.39, 0.29) is 5.91 Å². The summed E-state index contributed by atoms with van der Waals surface area (Å²) in [6.07, 6.45) is 0. The molecule has 2 N–H and O–H groups in total. The summed E-state index contributed by atoms with van der Waals surface area (Å²) in [7, 11) is 5.06. The van der Waals surface area contributed by atoms with Crippen molar-refractivity contribution < 1.29 is 9.53 Å². The maximum absolute atomic E-state index is 11.3. The van der Waals surface area contributed by atoms with Gasteiger partial charge in [-0.1, -0.05) is 0 Å². The smallest absolute Gasteiger partial charge is 0.236 e. The van der Waals surface area contributed by atoms with Gasteiger partial charge < -0.3 is 15.4 Å². The summed E-state index contributed by atoms with van der Waals surface area (Å²) in [5.74, 6) is 0.164. The number of ether oxygens (including phenoxy) is 1. The molecule has 0 spiro atoms. The summed E-state index contributed by atoms with van der Waals surface area (Å²) in [6, 6.07) is 0. The average molecular weight is 203 g/mol. The molecule has 0 aliphatic carbocycles. The quantitative estimate of drug-likeness (QED) is 0.624. The molecule has 0 aromatic rings.